The zero-order valence-electron chi connectivity index (χ0n) is 15.1. The van der Waals surface area contributed by atoms with Crippen molar-refractivity contribution in [3.63, 3.8) is 0 Å². The van der Waals surface area contributed by atoms with Crippen molar-refractivity contribution in [1.82, 2.24) is 19.7 Å². The molecule has 0 saturated heterocycles. The first kappa shape index (κ1) is 17.9. The molecular formula is C20H17N5O2S. The minimum Gasteiger partial charge on any atom is -0.497 e. The van der Waals surface area contributed by atoms with Gasteiger partial charge in [-0.25, -0.2) is 0 Å². The second-order valence-electron chi connectivity index (χ2n) is 5.87. The number of hydrogen-bond acceptors (Lipinski definition) is 7. The van der Waals surface area contributed by atoms with Crippen LogP contribution in [0.25, 0.3) is 11.5 Å². The van der Waals surface area contributed by atoms with Gasteiger partial charge in [-0.3, -0.25) is 9.78 Å². The molecule has 0 aliphatic carbocycles. The first-order valence-corrected chi connectivity index (χ1v) is 9.46. The van der Waals surface area contributed by atoms with Gasteiger partial charge in [-0.15, -0.1) is 16.4 Å². The summed E-state index contributed by atoms with van der Waals surface area (Å²) in [6.07, 6.45) is 1.67. The van der Waals surface area contributed by atoms with E-state index in [0.717, 1.165) is 11.3 Å². The van der Waals surface area contributed by atoms with Gasteiger partial charge in [0, 0.05) is 12.7 Å². The molecule has 0 atom stereocenters. The molecule has 0 bridgehead atoms. The monoisotopic (exact) mass is 391 g/mol. The fourth-order valence-electron chi connectivity index (χ4n) is 2.60. The van der Waals surface area contributed by atoms with Crippen molar-refractivity contribution in [3.05, 3.63) is 76.6 Å². The highest BCUT2D eigenvalue weighted by Crippen LogP contribution is 2.19. The molecular weight excluding hydrogens is 374 g/mol. The number of pyridine rings is 1. The van der Waals surface area contributed by atoms with E-state index in [-0.39, 0.29) is 5.91 Å². The van der Waals surface area contributed by atoms with Crippen LogP contribution >= 0.6 is 11.3 Å². The number of rotatable bonds is 6. The van der Waals surface area contributed by atoms with Crippen LogP contribution in [0.2, 0.25) is 0 Å². The summed E-state index contributed by atoms with van der Waals surface area (Å²) in [5.74, 6) is 1.32. The van der Waals surface area contributed by atoms with E-state index in [1.165, 1.54) is 16.0 Å². The molecule has 0 radical (unpaired) electrons. The molecule has 0 saturated carbocycles. The summed E-state index contributed by atoms with van der Waals surface area (Å²) in [5.41, 5.74) is 1.63. The lowest BCUT2D eigenvalue weighted by Crippen LogP contribution is -2.16. The number of thiophene rings is 1. The number of aromatic nitrogens is 4. The minimum absolute atomic E-state index is 0.234. The third-order valence-corrected chi connectivity index (χ3v) is 4.89. The largest absolute Gasteiger partial charge is 0.497 e. The van der Waals surface area contributed by atoms with Crippen LogP contribution in [0.3, 0.4) is 0 Å². The van der Waals surface area contributed by atoms with E-state index < -0.39 is 0 Å². The SMILES string of the molecule is COc1ccc(CNc2nc(-c3ccccn3)nn2C(=O)c2cccs2)cc1. The van der Waals surface area contributed by atoms with E-state index in [1.807, 2.05) is 53.9 Å². The van der Waals surface area contributed by atoms with Gasteiger partial charge in [0.15, 0.2) is 0 Å². The summed E-state index contributed by atoms with van der Waals surface area (Å²) in [5, 5.41) is 9.45. The van der Waals surface area contributed by atoms with Crippen LogP contribution in [-0.2, 0) is 6.54 Å². The standard InChI is InChI=1S/C20H17N5O2S/c1-27-15-9-7-14(8-10-15)13-22-20-23-18(16-5-2-3-11-21-16)24-25(20)19(26)17-6-4-12-28-17/h2-12H,13H2,1H3,(H,22,23,24). The maximum atomic E-state index is 12.9. The van der Waals surface area contributed by atoms with Gasteiger partial charge in [-0.05, 0) is 41.3 Å². The number of carbonyl (C=O) groups excluding carboxylic acids is 1. The highest BCUT2D eigenvalue weighted by molar-refractivity contribution is 7.12. The first-order valence-electron chi connectivity index (χ1n) is 8.58. The Balaban J connectivity index is 1.63. The number of nitrogens with one attached hydrogen (secondary N) is 1. The van der Waals surface area contributed by atoms with Crippen LogP contribution in [0.4, 0.5) is 5.95 Å². The third kappa shape index (κ3) is 3.77. The van der Waals surface area contributed by atoms with Crippen molar-refractivity contribution in [2.75, 3.05) is 12.4 Å². The smallest absolute Gasteiger partial charge is 0.291 e. The van der Waals surface area contributed by atoms with E-state index in [4.69, 9.17) is 4.74 Å². The summed E-state index contributed by atoms with van der Waals surface area (Å²) < 4.78 is 6.47. The van der Waals surface area contributed by atoms with Gasteiger partial charge >= 0.3 is 0 Å². The average molecular weight is 391 g/mol. The zero-order chi connectivity index (χ0) is 19.3. The molecule has 8 heteroatoms. The van der Waals surface area contributed by atoms with Crippen LogP contribution < -0.4 is 10.1 Å². The molecule has 3 heterocycles. The number of nitrogens with zero attached hydrogens (tertiary/aromatic N) is 4. The fraction of sp³-hybridized carbons (Fsp3) is 0.100. The number of carbonyl (C=O) groups is 1. The van der Waals surface area contributed by atoms with Gasteiger partial charge < -0.3 is 10.1 Å². The molecule has 0 aliphatic rings. The van der Waals surface area contributed by atoms with Gasteiger partial charge in [0.2, 0.25) is 11.8 Å². The Morgan fingerprint density at radius 3 is 2.68 bits per heavy atom. The maximum absolute atomic E-state index is 12.9. The second-order valence-corrected chi connectivity index (χ2v) is 6.82. The van der Waals surface area contributed by atoms with Crippen molar-refractivity contribution in [1.29, 1.82) is 0 Å². The van der Waals surface area contributed by atoms with Crippen LogP contribution in [0.15, 0.2) is 66.2 Å². The molecule has 0 amide bonds. The fourth-order valence-corrected chi connectivity index (χ4v) is 3.25. The number of anilines is 1. The zero-order valence-corrected chi connectivity index (χ0v) is 15.9. The molecule has 0 fully saturated rings. The number of methoxy groups -OCH3 is 1. The third-order valence-electron chi connectivity index (χ3n) is 4.04. The lowest BCUT2D eigenvalue weighted by atomic mass is 10.2. The van der Waals surface area contributed by atoms with Gasteiger partial charge in [0.25, 0.3) is 5.91 Å². The molecule has 4 rings (SSSR count). The highest BCUT2D eigenvalue weighted by Gasteiger charge is 2.19. The molecule has 7 nitrogen and oxygen atoms in total. The Bertz CT molecular complexity index is 1060. The van der Waals surface area contributed by atoms with E-state index in [0.29, 0.717) is 28.9 Å². The Morgan fingerprint density at radius 2 is 2.00 bits per heavy atom. The lowest BCUT2D eigenvalue weighted by Gasteiger charge is -2.07. The summed E-state index contributed by atoms with van der Waals surface area (Å²) in [6.45, 7) is 0.488. The summed E-state index contributed by atoms with van der Waals surface area (Å²) in [6, 6.07) is 16.8. The minimum atomic E-state index is -0.234. The maximum Gasteiger partial charge on any atom is 0.291 e. The lowest BCUT2D eigenvalue weighted by molar-refractivity contribution is 0.0951. The molecule has 28 heavy (non-hydrogen) atoms. The first-order chi connectivity index (χ1) is 13.7. The molecule has 140 valence electrons. The van der Waals surface area contributed by atoms with Gasteiger partial charge in [-0.1, -0.05) is 24.3 Å². The normalized spacial score (nSPS) is 10.6. The quantitative estimate of drug-likeness (QED) is 0.540. The predicted octanol–water partition coefficient (Wildman–Crippen LogP) is 3.71. The van der Waals surface area contributed by atoms with Crippen molar-refractivity contribution in [2.24, 2.45) is 0 Å². The molecule has 0 aliphatic heterocycles. The van der Waals surface area contributed by atoms with E-state index in [2.05, 4.69) is 20.4 Å². The molecule has 0 spiro atoms. The van der Waals surface area contributed by atoms with E-state index in [1.54, 1.807) is 19.4 Å². The number of ether oxygens (including phenoxy) is 1. The summed E-state index contributed by atoms with van der Waals surface area (Å²) >= 11 is 1.36. The van der Waals surface area contributed by atoms with Gasteiger partial charge in [0.1, 0.15) is 11.4 Å². The van der Waals surface area contributed by atoms with E-state index >= 15 is 0 Å². The predicted molar refractivity (Wildman–Crippen MR) is 108 cm³/mol. The van der Waals surface area contributed by atoms with Crippen molar-refractivity contribution in [2.45, 2.75) is 6.54 Å². The summed E-state index contributed by atoms with van der Waals surface area (Å²) in [7, 11) is 1.63. The van der Waals surface area contributed by atoms with Crippen LogP contribution in [0, 0.1) is 0 Å². The molecule has 3 aromatic heterocycles. The second kappa shape index (κ2) is 8.01. The van der Waals surface area contributed by atoms with Crippen LogP contribution in [0.5, 0.6) is 5.75 Å². The number of hydrogen-bond donors (Lipinski definition) is 1. The Morgan fingerprint density at radius 1 is 1.14 bits per heavy atom. The highest BCUT2D eigenvalue weighted by atomic mass is 32.1. The number of benzene rings is 1. The van der Waals surface area contributed by atoms with Crippen molar-refractivity contribution < 1.29 is 9.53 Å². The molecule has 1 aromatic carbocycles. The van der Waals surface area contributed by atoms with Crippen molar-refractivity contribution >= 4 is 23.2 Å². The average Bonchev–Trinajstić information content (AvgIpc) is 3.43. The Labute approximate surface area is 165 Å². The summed E-state index contributed by atoms with van der Waals surface area (Å²) in [4.78, 5) is 22.2. The Kier molecular flexibility index (Phi) is 5.11. The molecule has 4 aromatic rings. The van der Waals surface area contributed by atoms with Gasteiger partial charge in [-0.2, -0.15) is 9.67 Å². The van der Waals surface area contributed by atoms with Crippen LogP contribution in [-0.4, -0.2) is 32.8 Å². The van der Waals surface area contributed by atoms with E-state index in [9.17, 15) is 4.79 Å². The molecule has 1 N–H and O–H groups in total. The Hall–Kier alpha value is -3.52. The van der Waals surface area contributed by atoms with Crippen LogP contribution in [0.1, 0.15) is 15.2 Å². The van der Waals surface area contributed by atoms with Gasteiger partial charge in [0.05, 0.1) is 12.0 Å². The molecule has 0 unspecified atom stereocenters. The topological polar surface area (TPSA) is 81.9 Å². The van der Waals surface area contributed by atoms with Crippen molar-refractivity contribution in [3.8, 4) is 17.3 Å².